The van der Waals surface area contributed by atoms with E-state index in [9.17, 15) is 0 Å². The third kappa shape index (κ3) is 150. The molecule has 0 rings (SSSR count). The van der Waals surface area contributed by atoms with E-state index in [0.29, 0.717) is 0 Å². The second-order valence-corrected chi connectivity index (χ2v) is 15.3. The first kappa shape index (κ1) is 185. The molecule has 0 aliphatic rings. The minimum atomic E-state index is 0. The van der Waals surface area contributed by atoms with Gasteiger partial charge in [-0.3, -0.25) is 0 Å². The molecule has 0 unspecified atom stereocenters. The molecule has 8 nitrogen and oxygen atoms in total. The molecule has 0 bridgehead atoms. The predicted molar refractivity (Wildman–Crippen MR) is 346 cm³/mol. The van der Waals surface area contributed by atoms with Crippen LogP contribution in [0.25, 0.3) is 0 Å². The molecule has 0 saturated carbocycles. The van der Waals surface area contributed by atoms with E-state index in [2.05, 4.69) is 212 Å². The van der Waals surface area contributed by atoms with Gasteiger partial charge in [0, 0.05) is 0 Å². The number of rotatable bonds is 20. The van der Waals surface area contributed by atoms with Gasteiger partial charge in [-0.2, -0.15) is 46.0 Å². The first-order chi connectivity index (χ1) is 28.6. The smallest absolute Gasteiger partial charge is 2.00 e. The number of hydrogen-bond acceptors (Lipinski definition) is 12. The molecule has 76 heavy (non-hydrogen) atoms. The molecule has 0 N–H and O–H groups in total. The molecule has 0 aliphatic heterocycles. The second-order valence-electron chi connectivity index (χ2n) is 12.1. The summed E-state index contributed by atoms with van der Waals surface area (Å²) in [6.07, 6.45) is 0. The molecular formula is C44H96Cu4Mo4N8S16. The second kappa shape index (κ2) is 178. The van der Waals surface area contributed by atoms with Crippen LogP contribution in [0, 0.1) is 47.3 Å². The molecule has 0 atom stereocenters. The van der Waals surface area contributed by atoms with Gasteiger partial charge in [0.2, 0.25) is 0 Å². The maximum absolute atomic E-state index is 6.25. The Morgan fingerprint density at radius 1 is 0.197 bits per heavy atom. The van der Waals surface area contributed by atoms with Gasteiger partial charge >= 0.3 is 153 Å². The quantitative estimate of drug-likeness (QED) is 0.0510. The van der Waals surface area contributed by atoms with Crippen molar-refractivity contribution in [3.63, 3.8) is 0 Å². The van der Waals surface area contributed by atoms with Crippen LogP contribution in [0.15, 0.2) is 0 Å². The van der Waals surface area contributed by atoms with Crippen molar-refractivity contribution in [2.75, 3.05) is 151 Å². The summed E-state index contributed by atoms with van der Waals surface area (Å²) >= 11 is 35.6. The zero-order valence-electron chi connectivity index (χ0n) is 47.9. The van der Waals surface area contributed by atoms with Crippen LogP contribution in [0.4, 0.5) is 0 Å². The molecule has 0 aromatic rings. The molecule has 0 fully saturated rings. The van der Waals surface area contributed by atoms with Crippen LogP contribution >= 0.6 is 0 Å². The van der Waals surface area contributed by atoms with E-state index in [1.165, 1.54) is 123 Å². The molecule has 476 valence electrons. The van der Waals surface area contributed by atoms with E-state index in [1.807, 2.05) is 0 Å². The molecule has 0 aromatic heterocycles. The Morgan fingerprint density at radius 2 is 0.237 bits per heavy atom. The summed E-state index contributed by atoms with van der Waals surface area (Å²) in [4.78, 5) is 0. The first-order valence-electron chi connectivity index (χ1n) is 21.6. The van der Waals surface area contributed by atoms with Crippen molar-refractivity contribution in [1.29, 1.82) is 21.0 Å². The molecule has 32 heteroatoms. The summed E-state index contributed by atoms with van der Waals surface area (Å²) in [6, 6.07) is 0. The van der Waals surface area contributed by atoms with Crippen LogP contribution in [-0.2, 0) is 362 Å². The molecule has 0 aliphatic carbocycles. The third-order valence-electron chi connectivity index (χ3n) is 11.1. The maximum Gasteiger partial charge on any atom is 4.00 e. The normalized spacial score (nSPS) is 7.37. The van der Waals surface area contributed by atoms with Crippen LogP contribution < -0.4 is 0 Å². The van der Waals surface area contributed by atoms with Gasteiger partial charge in [-0.15, -0.1) is 0 Å². The Hall–Kier alpha value is 8.23. The summed E-state index contributed by atoms with van der Waals surface area (Å²) in [5.74, 6) is 5.74. The fourth-order valence-electron chi connectivity index (χ4n) is 5.37. The van der Waals surface area contributed by atoms with Crippen molar-refractivity contribution >= 4 is 209 Å². The molecule has 0 saturated heterocycles. The standard InChI is InChI=1S/4C8H20N.4C2H6S2.4CN.4Cu.4Mo.8S/c4*1-5-9(6-2,7-3)8-4;4*3-1-2-4;4*1-2;;;;;;;;;;;;;;;;/h4*5-8H2,1-4H3;4*3-4H,1-2H2;;;;;;;;;;;;;;;;;;;;/q4*+1;;;;;4*-1;4*+2;4*+4;8*-2/p-8. The SMILES string of the molecule is CC[N+](CC)(CC)CC.CC[N+](CC)(CC)CC.CC[N+](CC)(CC)CC.CC[N+](CC)(CC)CC.[C-]#N.[C-]#N.[C-]#N.[C-]#N.[Cu+2].[Cu+2].[Cu+2].[Cu+2].[Mo+4].[Mo+4].[Mo+4].[Mo+4].[S-2].[S-2].[S-2].[S-2].[S-2].[S-2].[S-2].[S-2].[S-]CC[S-].[S-]CC[S-].[S-]CC[S-].[S-]CC[S-]. The van der Waals surface area contributed by atoms with Gasteiger partial charge in [0.25, 0.3) is 0 Å². The van der Waals surface area contributed by atoms with Gasteiger partial charge < -0.3 is 274 Å². The average molecular weight is 1890 g/mol. The minimum Gasteiger partial charge on any atom is -2.00 e. The van der Waals surface area contributed by atoms with Crippen molar-refractivity contribution < 1.29 is 170 Å². The van der Waals surface area contributed by atoms with E-state index in [-0.39, 0.29) is 261 Å². The zero-order valence-corrected chi connectivity index (χ0v) is 72.8. The van der Waals surface area contributed by atoms with Crippen LogP contribution in [0.1, 0.15) is 111 Å². The first-order valence-corrected chi connectivity index (χ1v) is 26.2. The number of quaternary nitrogens is 4. The van der Waals surface area contributed by atoms with Gasteiger partial charge in [0.1, 0.15) is 0 Å². The molecule has 0 amide bonds. The van der Waals surface area contributed by atoms with Crippen LogP contribution in [0.5, 0.6) is 0 Å². The third-order valence-corrected chi connectivity index (χ3v) is 13.7. The Labute approximate surface area is 678 Å². The molecule has 0 heterocycles. The average Bonchev–Trinajstić information content (AvgIpc) is 3.36. The van der Waals surface area contributed by atoms with Gasteiger partial charge in [-0.05, 0) is 111 Å². The van der Waals surface area contributed by atoms with E-state index in [4.69, 9.17) is 47.3 Å². The molecular weight excluding hydrogens is 1790 g/mol. The van der Waals surface area contributed by atoms with E-state index in [1.54, 1.807) is 0 Å². The fraction of sp³-hybridized carbons (Fsp3) is 0.909. The van der Waals surface area contributed by atoms with Crippen molar-refractivity contribution in [3.8, 4) is 0 Å². The monoisotopic (exact) mass is 1890 g/mol. The Bertz CT molecular complexity index is 598. The molecule has 4 radical (unpaired) electrons. The van der Waals surface area contributed by atoms with E-state index >= 15 is 0 Å². The largest absolute Gasteiger partial charge is 4.00 e. The predicted octanol–water partition coefficient (Wildman–Crippen LogP) is 8.20. The van der Waals surface area contributed by atoms with Crippen molar-refractivity contribution in [1.82, 2.24) is 0 Å². The Morgan fingerprint density at radius 3 is 0.237 bits per heavy atom. The Balaban J connectivity index is -0.0000000129. The van der Waals surface area contributed by atoms with E-state index in [0.717, 1.165) is 46.0 Å². The zero-order chi connectivity index (χ0) is 51.0. The van der Waals surface area contributed by atoms with Gasteiger partial charge in [0.15, 0.2) is 0 Å². The van der Waals surface area contributed by atoms with E-state index < -0.39 is 0 Å². The van der Waals surface area contributed by atoms with Crippen molar-refractivity contribution in [2.45, 2.75) is 111 Å². The Kier molecular flexibility index (Phi) is 432. The minimum absolute atomic E-state index is 0. The number of nitrogens with zero attached hydrogens (tertiary/aromatic N) is 8. The number of hydrogen-bond donors (Lipinski definition) is 0. The van der Waals surface area contributed by atoms with Crippen LogP contribution in [0.3, 0.4) is 0 Å². The van der Waals surface area contributed by atoms with Crippen molar-refractivity contribution in [3.05, 3.63) is 26.3 Å². The van der Waals surface area contributed by atoms with Gasteiger partial charge in [0.05, 0.1) is 105 Å². The van der Waals surface area contributed by atoms with Gasteiger partial charge in [-0.25, -0.2) is 0 Å². The summed E-state index contributed by atoms with van der Waals surface area (Å²) in [5.41, 5.74) is 0. The maximum atomic E-state index is 6.25. The van der Waals surface area contributed by atoms with Crippen LogP contribution in [-0.4, -0.2) is 169 Å². The van der Waals surface area contributed by atoms with Crippen molar-refractivity contribution in [2.24, 2.45) is 0 Å². The summed E-state index contributed by atoms with van der Waals surface area (Å²) in [5, 5.41) is 25.0. The summed E-state index contributed by atoms with van der Waals surface area (Å²) < 4.78 is 5.11. The molecule has 0 spiro atoms. The summed E-state index contributed by atoms with van der Waals surface area (Å²) in [7, 11) is 0. The van der Waals surface area contributed by atoms with Crippen LogP contribution in [0.2, 0.25) is 0 Å². The fourth-order valence-corrected chi connectivity index (χ4v) is 5.37. The van der Waals surface area contributed by atoms with Gasteiger partial charge in [-0.1, -0.05) is 0 Å². The molecule has 0 aromatic carbocycles. The topological polar surface area (TPSA) is 95.2 Å². The summed E-state index contributed by atoms with van der Waals surface area (Å²) in [6.45, 7) is 75.9.